The summed E-state index contributed by atoms with van der Waals surface area (Å²) in [6, 6.07) is -3.41. The number of fused-ring (bicyclic) bond motifs is 2. The monoisotopic (exact) mass is 1010 g/mol. The first-order valence-corrected chi connectivity index (χ1v) is 26.0. The van der Waals surface area contributed by atoms with Gasteiger partial charge in [-0.05, 0) is 75.0 Å². The number of aromatic hydroxyl groups is 1. The number of nitrogens with one attached hydrogen (secondary N) is 5. The van der Waals surface area contributed by atoms with Crippen molar-refractivity contribution < 1.29 is 63.9 Å². The van der Waals surface area contributed by atoms with E-state index >= 15 is 0 Å². The van der Waals surface area contributed by atoms with Crippen molar-refractivity contribution >= 4 is 47.3 Å². The molecule has 0 radical (unpaired) electrons. The number of phenolic OH excluding ortho intramolecular Hbond substituents is 1. The number of carbonyl (C=O) groups is 8. The fourth-order valence-corrected chi connectivity index (χ4v) is 9.88. The second kappa shape index (κ2) is 28.8. The maximum atomic E-state index is 14.5. The average Bonchev–Trinajstić information content (AvgIpc) is 3.87. The number of nitrogens with two attached hydrogens (primary N) is 1. The van der Waals surface area contributed by atoms with Crippen molar-refractivity contribution in [2.75, 3.05) is 19.6 Å². The molecule has 13 atom stereocenters. The van der Waals surface area contributed by atoms with E-state index in [2.05, 4.69) is 47.4 Å². The molecule has 8 amide bonds. The lowest BCUT2D eigenvalue weighted by Crippen LogP contribution is -2.62. The topological polar surface area (TPSA) is 330 Å². The van der Waals surface area contributed by atoms with E-state index in [4.69, 9.17) is 5.73 Å². The number of aryl methyl sites for hydroxylation is 1. The van der Waals surface area contributed by atoms with E-state index in [0.29, 0.717) is 17.9 Å². The fraction of sp³-hybridized carbons (Fsp3) is 0.725. The van der Waals surface area contributed by atoms with Crippen LogP contribution < -0.4 is 32.3 Å². The number of amides is 8. The maximum absolute atomic E-state index is 14.5. The zero-order valence-electron chi connectivity index (χ0n) is 42.7. The van der Waals surface area contributed by atoms with Crippen molar-refractivity contribution in [3.05, 3.63) is 29.8 Å². The van der Waals surface area contributed by atoms with E-state index < -0.39 is 127 Å². The van der Waals surface area contributed by atoms with Crippen LogP contribution in [0.25, 0.3) is 0 Å². The third-order valence-corrected chi connectivity index (χ3v) is 14.3. The summed E-state index contributed by atoms with van der Waals surface area (Å²) in [5.41, 5.74) is 6.02. The highest BCUT2D eigenvalue weighted by molar-refractivity contribution is 5.98. The Kier molecular flexibility index (Phi) is 23.6. The van der Waals surface area contributed by atoms with Crippen LogP contribution in [0, 0.1) is 17.8 Å². The highest BCUT2D eigenvalue weighted by Gasteiger charge is 2.49. The van der Waals surface area contributed by atoms with Crippen LogP contribution in [0.3, 0.4) is 0 Å². The molecular weight excluding hydrogens is 933 g/mol. The normalized spacial score (nSPS) is 27.8. The summed E-state index contributed by atoms with van der Waals surface area (Å²) in [7, 11) is 0. The molecule has 21 nitrogen and oxygen atoms in total. The Morgan fingerprint density at radius 2 is 1.44 bits per heavy atom. The molecule has 0 aliphatic carbocycles. The Balaban J connectivity index is 1.62. The minimum absolute atomic E-state index is 0.0305. The van der Waals surface area contributed by atoms with E-state index in [-0.39, 0.29) is 57.4 Å². The molecule has 3 saturated heterocycles. The molecule has 404 valence electrons. The molecule has 0 bridgehead atoms. The van der Waals surface area contributed by atoms with Crippen LogP contribution in [-0.2, 0) is 44.8 Å². The summed E-state index contributed by atoms with van der Waals surface area (Å²) in [5.74, 6) is -6.38. The lowest BCUT2D eigenvalue weighted by molar-refractivity contribution is -0.147. The minimum Gasteiger partial charge on any atom is -0.508 e. The molecule has 0 spiro atoms. The van der Waals surface area contributed by atoms with Crippen molar-refractivity contribution in [1.29, 1.82) is 0 Å². The second-order valence-corrected chi connectivity index (χ2v) is 20.6. The molecule has 3 heterocycles. The number of primary amides is 1. The molecule has 21 heteroatoms. The Morgan fingerprint density at radius 1 is 0.806 bits per heavy atom. The van der Waals surface area contributed by atoms with Crippen molar-refractivity contribution in [3.8, 4) is 5.75 Å². The molecule has 1 aromatic rings. The zero-order chi connectivity index (χ0) is 53.2. The molecule has 3 fully saturated rings. The van der Waals surface area contributed by atoms with Crippen LogP contribution in [-0.4, -0.2) is 163 Å². The SMILES string of the molecule is CC[C@H](C)C[C@H](C)CCCCCCCCC(=O)N[C@@H]1CCCNC(=O)[C@@H]2[C@@H](O)[C@@H](C)CN2C(=O)[C@H]([C@H](O)CC(N)=O)NC(=O)[C@H](CCc2ccc(O)cc2)NC(=O)[C@@H]2C[C@@H](O)CN2C(=O)[C@H]([C@@H](C)O)NC1=O. The van der Waals surface area contributed by atoms with Gasteiger partial charge < -0.3 is 67.7 Å². The summed E-state index contributed by atoms with van der Waals surface area (Å²) in [4.78, 5) is 113. The van der Waals surface area contributed by atoms with Crippen LogP contribution in [0.15, 0.2) is 24.3 Å². The van der Waals surface area contributed by atoms with E-state index in [0.717, 1.165) is 47.8 Å². The quantitative estimate of drug-likeness (QED) is 0.0777. The number of hydrogen-bond donors (Lipinski definition) is 11. The van der Waals surface area contributed by atoms with Crippen LogP contribution in [0.4, 0.5) is 0 Å². The number of hydrogen-bond acceptors (Lipinski definition) is 13. The van der Waals surface area contributed by atoms with Crippen molar-refractivity contribution in [3.63, 3.8) is 0 Å². The Bertz CT molecular complexity index is 1990. The van der Waals surface area contributed by atoms with E-state index in [1.54, 1.807) is 19.1 Å². The van der Waals surface area contributed by atoms with Gasteiger partial charge in [0.2, 0.25) is 47.3 Å². The van der Waals surface area contributed by atoms with E-state index in [1.165, 1.54) is 38.3 Å². The number of phenols is 1. The number of aliphatic hydroxyl groups is 4. The van der Waals surface area contributed by atoms with Crippen LogP contribution in [0.1, 0.15) is 136 Å². The average molecular weight is 1020 g/mol. The van der Waals surface area contributed by atoms with Gasteiger partial charge in [0.25, 0.3) is 0 Å². The number of benzene rings is 1. The third-order valence-electron chi connectivity index (χ3n) is 14.3. The van der Waals surface area contributed by atoms with Gasteiger partial charge in [0.05, 0.1) is 30.8 Å². The molecule has 12 N–H and O–H groups in total. The lowest BCUT2D eigenvalue weighted by atomic mass is 9.91. The first-order chi connectivity index (χ1) is 34.1. The Morgan fingerprint density at radius 3 is 2.10 bits per heavy atom. The molecule has 3 aliphatic rings. The Hall–Kier alpha value is -5.38. The van der Waals surface area contributed by atoms with Gasteiger partial charge in [0.1, 0.15) is 42.0 Å². The third kappa shape index (κ3) is 17.7. The summed E-state index contributed by atoms with van der Waals surface area (Å²) in [5, 5.41) is 67.1. The largest absolute Gasteiger partial charge is 0.508 e. The van der Waals surface area contributed by atoms with Gasteiger partial charge >= 0.3 is 0 Å². The van der Waals surface area contributed by atoms with Gasteiger partial charge in [0.15, 0.2) is 0 Å². The van der Waals surface area contributed by atoms with E-state index in [1.807, 2.05) is 0 Å². The molecular formula is C51H82N8O13. The van der Waals surface area contributed by atoms with Gasteiger partial charge in [-0.2, -0.15) is 0 Å². The fourth-order valence-electron chi connectivity index (χ4n) is 9.88. The predicted molar refractivity (Wildman–Crippen MR) is 265 cm³/mol. The van der Waals surface area contributed by atoms with E-state index in [9.17, 15) is 63.9 Å². The summed E-state index contributed by atoms with van der Waals surface area (Å²) in [6.07, 6.45) is 1.94. The number of rotatable bonds is 20. The first kappa shape index (κ1) is 59.2. The molecule has 0 saturated carbocycles. The van der Waals surface area contributed by atoms with Crippen LogP contribution in [0.5, 0.6) is 5.75 Å². The van der Waals surface area contributed by atoms with Gasteiger partial charge in [-0.15, -0.1) is 0 Å². The number of unbranched alkanes of at least 4 members (excludes halogenated alkanes) is 5. The summed E-state index contributed by atoms with van der Waals surface area (Å²) < 4.78 is 0. The molecule has 1 aromatic carbocycles. The van der Waals surface area contributed by atoms with Gasteiger partial charge in [0, 0.05) is 38.4 Å². The van der Waals surface area contributed by atoms with Crippen LogP contribution >= 0.6 is 0 Å². The van der Waals surface area contributed by atoms with Gasteiger partial charge in [-0.1, -0.05) is 84.8 Å². The molecule has 3 aliphatic heterocycles. The highest BCUT2D eigenvalue weighted by Crippen LogP contribution is 2.27. The maximum Gasteiger partial charge on any atom is 0.248 e. The van der Waals surface area contributed by atoms with Crippen molar-refractivity contribution in [1.82, 2.24) is 36.4 Å². The molecule has 72 heavy (non-hydrogen) atoms. The minimum atomic E-state index is -1.94. The highest BCUT2D eigenvalue weighted by atomic mass is 16.3. The van der Waals surface area contributed by atoms with Gasteiger partial charge in [-0.25, -0.2) is 0 Å². The first-order valence-electron chi connectivity index (χ1n) is 26.0. The molecule has 0 unspecified atom stereocenters. The smallest absolute Gasteiger partial charge is 0.248 e. The van der Waals surface area contributed by atoms with Crippen molar-refractivity contribution in [2.24, 2.45) is 23.5 Å². The lowest BCUT2D eigenvalue weighted by Gasteiger charge is -2.33. The predicted octanol–water partition coefficient (Wildman–Crippen LogP) is 0.154. The number of aliphatic hydroxyl groups excluding tert-OH is 4. The standard InChI is InChI=1S/C51H82N8O13/c1-6-29(2)24-30(3)14-11-9-7-8-10-12-16-41(65)54-36-15-13-23-53-49(70)44-45(66)31(4)27-59(44)51(72)43(39(63)26-40(52)64)57-47(68)37(22-19-33-17-20-34(61)21-18-33)55-48(69)38-25-35(62)28-58(38)50(71)42(32(5)60)56-46(36)67/h17-18,20-21,29-32,35-39,42-45,60-63,66H,6-16,19,22-28H2,1-5H3,(H2,52,64)(H,53,70)(H,54,65)(H,55,69)(H,56,67)(H,57,68)/t29-,30+,31-,32+,35+,36+,37-,38-,39+,42-,43-,44-,45-/m0/s1. The van der Waals surface area contributed by atoms with Gasteiger partial charge in [-0.3, -0.25) is 38.4 Å². The number of carbonyl (C=O) groups excluding carboxylic acids is 8. The molecule has 4 rings (SSSR count). The summed E-state index contributed by atoms with van der Waals surface area (Å²) in [6.45, 7) is 8.90. The number of nitrogens with zero attached hydrogens (tertiary/aromatic N) is 2. The second-order valence-electron chi connectivity index (χ2n) is 20.6. The molecule has 0 aromatic heterocycles. The zero-order valence-corrected chi connectivity index (χ0v) is 42.7. The Labute approximate surface area is 423 Å². The summed E-state index contributed by atoms with van der Waals surface area (Å²) >= 11 is 0. The van der Waals surface area contributed by atoms with Crippen LogP contribution in [0.2, 0.25) is 0 Å². The van der Waals surface area contributed by atoms with Crippen molar-refractivity contribution in [2.45, 2.75) is 198 Å².